The molecular formula is C20H22N6OS. The molecule has 0 fully saturated rings. The third-order valence-corrected chi connectivity index (χ3v) is 4.71. The molecule has 1 N–H and O–H groups in total. The number of hydrogen-bond acceptors (Lipinski definition) is 7. The minimum absolute atomic E-state index is 0.161. The summed E-state index contributed by atoms with van der Waals surface area (Å²) in [7, 11) is 0. The van der Waals surface area contributed by atoms with Crippen LogP contribution in [0.15, 0.2) is 58.8 Å². The number of aryl methyl sites for hydroxylation is 1. The van der Waals surface area contributed by atoms with Gasteiger partial charge in [0.15, 0.2) is 0 Å². The number of amides is 1. The lowest BCUT2D eigenvalue weighted by Gasteiger charge is -2.24. The second-order valence-electron chi connectivity index (χ2n) is 6.21. The van der Waals surface area contributed by atoms with Crippen LogP contribution in [0.25, 0.3) is 0 Å². The first-order valence-electron chi connectivity index (χ1n) is 8.97. The normalized spacial score (nSPS) is 11.0. The summed E-state index contributed by atoms with van der Waals surface area (Å²) in [6, 6.07) is 16.0. The molecule has 1 heterocycles. The molecule has 0 saturated heterocycles. The Morgan fingerprint density at radius 1 is 1.18 bits per heavy atom. The van der Waals surface area contributed by atoms with E-state index in [2.05, 4.69) is 48.9 Å². The first-order chi connectivity index (χ1) is 13.5. The predicted molar refractivity (Wildman–Crippen MR) is 113 cm³/mol. The number of carbonyl (C=O) groups is 1. The molecule has 0 aliphatic carbocycles. The molecule has 0 atom stereocenters. The van der Waals surface area contributed by atoms with Crippen LogP contribution >= 0.6 is 11.5 Å². The number of nitrogens with one attached hydrogen (secondary N) is 1. The van der Waals surface area contributed by atoms with Gasteiger partial charge in [-0.05, 0) is 37.6 Å². The molecule has 144 valence electrons. The van der Waals surface area contributed by atoms with Crippen LogP contribution in [0.3, 0.4) is 0 Å². The highest BCUT2D eigenvalue weighted by Crippen LogP contribution is 2.32. The van der Waals surface area contributed by atoms with Crippen molar-refractivity contribution >= 4 is 39.6 Å². The maximum absolute atomic E-state index is 11.7. The van der Waals surface area contributed by atoms with Gasteiger partial charge in [-0.25, -0.2) is 4.98 Å². The maximum atomic E-state index is 11.7. The van der Waals surface area contributed by atoms with Crippen molar-refractivity contribution in [3.63, 3.8) is 0 Å². The molecule has 28 heavy (non-hydrogen) atoms. The van der Waals surface area contributed by atoms with E-state index in [1.165, 1.54) is 24.0 Å². The molecule has 0 aliphatic heterocycles. The summed E-state index contributed by atoms with van der Waals surface area (Å²) < 4.78 is 4.09. The Morgan fingerprint density at radius 3 is 2.61 bits per heavy atom. The third kappa shape index (κ3) is 5.20. The van der Waals surface area contributed by atoms with E-state index < -0.39 is 0 Å². The van der Waals surface area contributed by atoms with Gasteiger partial charge in [0.2, 0.25) is 11.0 Å². The van der Waals surface area contributed by atoms with E-state index in [0.29, 0.717) is 22.3 Å². The van der Waals surface area contributed by atoms with Crippen LogP contribution in [0.2, 0.25) is 0 Å². The van der Waals surface area contributed by atoms with E-state index in [9.17, 15) is 4.79 Å². The number of hydrogen-bond donors (Lipinski definition) is 1. The number of azo groups is 1. The lowest BCUT2D eigenvalue weighted by molar-refractivity contribution is -0.114. The van der Waals surface area contributed by atoms with Crippen molar-refractivity contribution < 1.29 is 4.79 Å². The van der Waals surface area contributed by atoms with Crippen LogP contribution in [0.4, 0.5) is 22.2 Å². The maximum Gasteiger partial charge on any atom is 0.249 e. The Balaban J connectivity index is 1.88. The number of carbonyl (C=O) groups excluding carboxylic acids is 1. The van der Waals surface area contributed by atoms with Crippen LogP contribution in [-0.4, -0.2) is 21.8 Å². The Bertz CT molecular complexity index is 970. The van der Waals surface area contributed by atoms with Gasteiger partial charge in [0.25, 0.3) is 0 Å². The molecule has 1 aromatic heterocycles. The van der Waals surface area contributed by atoms with Gasteiger partial charge >= 0.3 is 0 Å². The fourth-order valence-corrected chi connectivity index (χ4v) is 3.22. The summed E-state index contributed by atoms with van der Waals surface area (Å²) in [5.41, 5.74) is 3.41. The molecule has 3 rings (SSSR count). The minimum Gasteiger partial charge on any atom is -0.367 e. The summed E-state index contributed by atoms with van der Waals surface area (Å²) in [6.07, 6.45) is 0. The van der Waals surface area contributed by atoms with Crippen molar-refractivity contribution in [2.75, 3.05) is 16.8 Å². The van der Waals surface area contributed by atoms with Crippen molar-refractivity contribution in [2.45, 2.75) is 27.3 Å². The molecule has 0 bridgehead atoms. The SMILES string of the molecule is CCN(Cc1ccccc1)c1ccc(N=Nc2nc(C)ns2)c(NC(C)=O)c1. The summed E-state index contributed by atoms with van der Waals surface area (Å²) in [5.74, 6) is 0.502. The summed E-state index contributed by atoms with van der Waals surface area (Å²) in [6.45, 7) is 7.00. The van der Waals surface area contributed by atoms with Crippen molar-refractivity contribution in [2.24, 2.45) is 10.2 Å². The van der Waals surface area contributed by atoms with Crippen LogP contribution < -0.4 is 10.2 Å². The first kappa shape index (κ1) is 19.6. The van der Waals surface area contributed by atoms with Crippen LogP contribution in [0.1, 0.15) is 25.2 Å². The molecule has 0 spiro atoms. The smallest absolute Gasteiger partial charge is 0.249 e. The number of aromatic nitrogens is 2. The minimum atomic E-state index is -0.161. The van der Waals surface area contributed by atoms with E-state index in [1.807, 2.05) is 36.4 Å². The largest absolute Gasteiger partial charge is 0.367 e. The summed E-state index contributed by atoms with van der Waals surface area (Å²) in [5, 5.41) is 11.7. The Morgan fingerprint density at radius 2 is 1.96 bits per heavy atom. The zero-order valence-corrected chi connectivity index (χ0v) is 16.9. The highest BCUT2D eigenvalue weighted by atomic mass is 32.1. The molecule has 0 radical (unpaired) electrons. The Kier molecular flexibility index (Phi) is 6.44. The molecule has 0 unspecified atom stereocenters. The van der Waals surface area contributed by atoms with Gasteiger partial charge in [0.05, 0.1) is 5.69 Å². The zero-order valence-electron chi connectivity index (χ0n) is 16.1. The first-order valence-corrected chi connectivity index (χ1v) is 9.75. The zero-order chi connectivity index (χ0) is 19.9. The highest BCUT2D eigenvalue weighted by Gasteiger charge is 2.11. The summed E-state index contributed by atoms with van der Waals surface area (Å²) in [4.78, 5) is 18.1. The van der Waals surface area contributed by atoms with Crippen LogP contribution in [-0.2, 0) is 11.3 Å². The van der Waals surface area contributed by atoms with Gasteiger partial charge in [0.1, 0.15) is 11.5 Å². The second-order valence-corrected chi connectivity index (χ2v) is 6.94. The summed E-state index contributed by atoms with van der Waals surface area (Å²) >= 11 is 1.18. The van der Waals surface area contributed by atoms with Gasteiger partial charge in [-0.3, -0.25) is 4.79 Å². The van der Waals surface area contributed by atoms with E-state index in [1.54, 1.807) is 6.92 Å². The molecule has 0 aliphatic rings. The number of nitrogens with zero attached hydrogens (tertiary/aromatic N) is 5. The van der Waals surface area contributed by atoms with Crippen molar-refractivity contribution in [3.05, 3.63) is 59.9 Å². The molecule has 0 saturated carbocycles. The second kappa shape index (κ2) is 9.18. The molecular weight excluding hydrogens is 372 g/mol. The van der Waals surface area contributed by atoms with E-state index in [0.717, 1.165) is 18.8 Å². The standard InChI is InChI=1S/C20H22N6OS/c1-4-26(13-16-8-6-5-7-9-16)17-10-11-18(19(12-17)22-15(3)27)23-24-20-21-14(2)25-28-20/h5-12H,4,13H2,1-3H3,(H,22,27). The van der Waals surface area contributed by atoms with Gasteiger partial charge < -0.3 is 10.2 Å². The van der Waals surface area contributed by atoms with Crippen molar-refractivity contribution in [1.82, 2.24) is 9.36 Å². The predicted octanol–water partition coefficient (Wildman–Crippen LogP) is 5.25. The van der Waals surface area contributed by atoms with Gasteiger partial charge in [-0.15, -0.1) is 10.2 Å². The van der Waals surface area contributed by atoms with Crippen LogP contribution in [0, 0.1) is 6.92 Å². The van der Waals surface area contributed by atoms with Crippen molar-refractivity contribution in [3.8, 4) is 0 Å². The molecule has 2 aromatic carbocycles. The fourth-order valence-electron chi connectivity index (χ4n) is 2.71. The average molecular weight is 395 g/mol. The lowest BCUT2D eigenvalue weighted by Crippen LogP contribution is -2.22. The topological polar surface area (TPSA) is 82.8 Å². The van der Waals surface area contributed by atoms with Gasteiger partial charge in [-0.2, -0.15) is 4.37 Å². The monoisotopic (exact) mass is 394 g/mol. The molecule has 3 aromatic rings. The number of rotatable bonds is 7. The molecule has 7 nitrogen and oxygen atoms in total. The number of anilines is 2. The van der Waals surface area contributed by atoms with E-state index >= 15 is 0 Å². The highest BCUT2D eigenvalue weighted by molar-refractivity contribution is 7.09. The van der Waals surface area contributed by atoms with Crippen molar-refractivity contribution in [1.29, 1.82) is 0 Å². The van der Waals surface area contributed by atoms with Gasteiger partial charge in [-0.1, -0.05) is 30.3 Å². The third-order valence-electron chi connectivity index (χ3n) is 4.01. The van der Waals surface area contributed by atoms with Gasteiger partial charge in [0, 0.05) is 37.2 Å². The van der Waals surface area contributed by atoms with E-state index in [-0.39, 0.29) is 5.91 Å². The Hall–Kier alpha value is -3.13. The lowest BCUT2D eigenvalue weighted by atomic mass is 10.1. The number of benzene rings is 2. The fraction of sp³-hybridized carbons (Fsp3) is 0.250. The molecule has 1 amide bonds. The molecule has 8 heteroatoms. The van der Waals surface area contributed by atoms with E-state index in [4.69, 9.17) is 0 Å². The quantitative estimate of drug-likeness (QED) is 0.555. The average Bonchev–Trinajstić information content (AvgIpc) is 3.10. The Labute approximate surface area is 168 Å². The van der Waals surface area contributed by atoms with Crippen LogP contribution in [0.5, 0.6) is 0 Å².